The molecule has 0 aliphatic heterocycles. The van der Waals surface area contributed by atoms with Gasteiger partial charge in [0.25, 0.3) is 0 Å². The van der Waals surface area contributed by atoms with Crippen LogP contribution in [0.15, 0.2) is 52.9 Å². The van der Waals surface area contributed by atoms with Crippen molar-refractivity contribution in [1.82, 2.24) is 0 Å². The van der Waals surface area contributed by atoms with Gasteiger partial charge in [0.1, 0.15) is 11.6 Å². The van der Waals surface area contributed by atoms with Crippen molar-refractivity contribution in [1.29, 1.82) is 0 Å². The molecule has 4 nitrogen and oxygen atoms in total. The van der Waals surface area contributed by atoms with E-state index in [0.717, 1.165) is 12.0 Å². The number of rotatable bonds is 7. The molecule has 0 radical (unpaired) electrons. The van der Waals surface area contributed by atoms with Gasteiger partial charge in [0, 0.05) is 18.4 Å². The summed E-state index contributed by atoms with van der Waals surface area (Å²) in [5.41, 5.74) is 3.16. The normalized spacial score (nSPS) is 10.8. The van der Waals surface area contributed by atoms with E-state index in [9.17, 15) is 14.0 Å². The van der Waals surface area contributed by atoms with Crippen LogP contribution in [0.3, 0.4) is 0 Å². The Morgan fingerprint density at radius 1 is 1.07 bits per heavy atom. The first kappa shape index (κ1) is 20.5. The molecule has 0 bridgehead atoms. The molecule has 2 aromatic carbocycles. The van der Waals surface area contributed by atoms with Crippen LogP contribution in [-0.4, -0.2) is 18.9 Å². The minimum absolute atomic E-state index is 0.0666. The zero-order valence-electron chi connectivity index (χ0n) is 16.8. The number of ketones is 1. The largest absolute Gasteiger partial charge is 0.463 e. The van der Waals surface area contributed by atoms with Crippen LogP contribution in [0, 0.1) is 5.82 Å². The number of halogens is 1. The van der Waals surface area contributed by atoms with Gasteiger partial charge >= 0.3 is 5.97 Å². The van der Waals surface area contributed by atoms with Gasteiger partial charge in [-0.25, -0.2) is 9.18 Å². The number of hydrogen-bond acceptors (Lipinski definition) is 4. The lowest BCUT2D eigenvalue weighted by Crippen LogP contribution is -1.99. The average Bonchev–Trinajstić information content (AvgIpc) is 3.11. The van der Waals surface area contributed by atoms with Crippen molar-refractivity contribution in [2.45, 2.75) is 33.1 Å². The predicted octanol–water partition coefficient (Wildman–Crippen LogP) is 5.62. The number of esters is 1. The summed E-state index contributed by atoms with van der Waals surface area (Å²) in [6.45, 7) is 3.50. The minimum Gasteiger partial charge on any atom is -0.463 e. The number of furan rings is 1. The van der Waals surface area contributed by atoms with Gasteiger partial charge < -0.3 is 9.15 Å². The topological polar surface area (TPSA) is 56.5 Å². The molecule has 150 valence electrons. The van der Waals surface area contributed by atoms with E-state index in [0.29, 0.717) is 40.9 Å². The molecular formula is C24H23FO4. The van der Waals surface area contributed by atoms with Gasteiger partial charge in [-0.1, -0.05) is 43.3 Å². The molecule has 1 heterocycles. The smallest absolute Gasteiger partial charge is 0.373 e. The van der Waals surface area contributed by atoms with Crippen LogP contribution in [0.25, 0.3) is 11.1 Å². The highest BCUT2D eigenvalue weighted by Gasteiger charge is 2.18. The number of aryl methyl sites for hydroxylation is 1. The van der Waals surface area contributed by atoms with E-state index < -0.39 is 5.97 Å². The number of ether oxygens (including phenoxy) is 1. The first-order valence-electron chi connectivity index (χ1n) is 9.53. The standard InChI is InChI=1S/C24H23FO4/c1-4-7-22-18(14-23(29-22)24(27)28-3)12-17-11-10-16(13-21(17)25)20-9-6-5-8-19(20)15(2)26/h5-6,8-11,13-14H,4,7,12H2,1-3H3. The Morgan fingerprint density at radius 2 is 1.83 bits per heavy atom. The monoisotopic (exact) mass is 394 g/mol. The van der Waals surface area contributed by atoms with Gasteiger partial charge in [0.2, 0.25) is 5.76 Å². The van der Waals surface area contributed by atoms with E-state index in [4.69, 9.17) is 9.15 Å². The minimum atomic E-state index is -0.551. The van der Waals surface area contributed by atoms with Crippen LogP contribution in [-0.2, 0) is 17.6 Å². The molecule has 1 aromatic heterocycles. The second-order valence-corrected chi connectivity index (χ2v) is 6.89. The quantitative estimate of drug-likeness (QED) is 0.386. The van der Waals surface area contributed by atoms with Crippen molar-refractivity contribution in [2.75, 3.05) is 7.11 Å². The Hall–Kier alpha value is -3.21. The highest BCUT2D eigenvalue weighted by molar-refractivity contribution is 6.00. The molecule has 0 spiro atoms. The van der Waals surface area contributed by atoms with Crippen molar-refractivity contribution >= 4 is 11.8 Å². The van der Waals surface area contributed by atoms with Crippen molar-refractivity contribution in [3.63, 3.8) is 0 Å². The fraction of sp³-hybridized carbons (Fsp3) is 0.250. The lowest BCUT2D eigenvalue weighted by molar-refractivity contribution is 0.0563. The van der Waals surface area contributed by atoms with E-state index in [1.807, 2.05) is 19.1 Å². The van der Waals surface area contributed by atoms with E-state index in [1.54, 1.807) is 30.3 Å². The van der Waals surface area contributed by atoms with Gasteiger partial charge in [-0.2, -0.15) is 0 Å². The third kappa shape index (κ3) is 4.45. The van der Waals surface area contributed by atoms with Gasteiger partial charge in [-0.05, 0) is 47.7 Å². The number of hydrogen-bond donors (Lipinski definition) is 0. The maximum atomic E-state index is 14.9. The highest BCUT2D eigenvalue weighted by Crippen LogP contribution is 2.28. The first-order chi connectivity index (χ1) is 13.9. The van der Waals surface area contributed by atoms with Gasteiger partial charge in [0.15, 0.2) is 5.78 Å². The molecule has 0 unspecified atom stereocenters. The number of benzene rings is 2. The summed E-state index contributed by atoms with van der Waals surface area (Å²) in [6.07, 6.45) is 1.79. The van der Waals surface area contributed by atoms with E-state index in [2.05, 4.69) is 0 Å². The first-order valence-corrected chi connectivity index (χ1v) is 9.53. The zero-order chi connectivity index (χ0) is 21.0. The van der Waals surface area contributed by atoms with Crippen LogP contribution in [0.5, 0.6) is 0 Å². The van der Waals surface area contributed by atoms with Gasteiger partial charge in [-0.3, -0.25) is 4.79 Å². The molecule has 3 aromatic rings. The molecule has 0 atom stereocenters. The fourth-order valence-corrected chi connectivity index (χ4v) is 3.36. The van der Waals surface area contributed by atoms with E-state index in [-0.39, 0.29) is 17.4 Å². The summed E-state index contributed by atoms with van der Waals surface area (Å²) in [7, 11) is 1.29. The Morgan fingerprint density at radius 3 is 2.48 bits per heavy atom. The number of methoxy groups -OCH3 is 1. The Balaban J connectivity index is 1.94. The number of Topliss-reactive ketones (excluding diaryl/α,β-unsaturated/α-hetero) is 1. The number of carbonyl (C=O) groups excluding carboxylic acids is 2. The zero-order valence-corrected chi connectivity index (χ0v) is 16.8. The molecule has 0 fully saturated rings. The Labute approximate surface area is 169 Å². The van der Waals surface area contributed by atoms with Gasteiger partial charge in [-0.15, -0.1) is 0 Å². The molecule has 0 aliphatic rings. The van der Waals surface area contributed by atoms with E-state index >= 15 is 0 Å². The van der Waals surface area contributed by atoms with Crippen LogP contribution in [0.1, 0.15) is 58.1 Å². The van der Waals surface area contributed by atoms with Crippen LogP contribution < -0.4 is 0 Å². The maximum absolute atomic E-state index is 14.9. The lowest BCUT2D eigenvalue weighted by atomic mass is 9.95. The van der Waals surface area contributed by atoms with Crippen LogP contribution >= 0.6 is 0 Å². The molecule has 29 heavy (non-hydrogen) atoms. The lowest BCUT2D eigenvalue weighted by Gasteiger charge is -2.10. The van der Waals surface area contributed by atoms with Crippen LogP contribution in [0.2, 0.25) is 0 Å². The van der Waals surface area contributed by atoms with Gasteiger partial charge in [0.05, 0.1) is 7.11 Å². The fourth-order valence-electron chi connectivity index (χ4n) is 3.36. The van der Waals surface area contributed by atoms with Crippen molar-refractivity contribution in [3.8, 4) is 11.1 Å². The molecular weight excluding hydrogens is 371 g/mol. The van der Waals surface area contributed by atoms with Crippen molar-refractivity contribution < 1.29 is 23.1 Å². The van der Waals surface area contributed by atoms with Crippen molar-refractivity contribution in [2.24, 2.45) is 0 Å². The molecule has 0 amide bonds. The SMILES string of the molecule is CCCc1oc(C(=O)OC)cc1Cc1ccc(-c2ccccc2C(C)=O)cc1F. The molecule has 0 saturated carbocycles. The molecule has 5 heteroatoms. The molecule has 3 rings (SSSR count). The predicted molar refractivity (Wildman–Crippen MR) is 109 cm³/mol. The maximum Gasteiger partial charge on any atom is 0.373 e. The summed E-state index contributed by atoms with van der Waals surface area (Å²) in [4.78, 5) is 23.6. The molecule has 0 N–H and O–H groups in total. The third-order valence-corrected chi connectivity index (χ3v) is 4.81. The average molecular weight is 394 g/mol. The summed E-state index contributed by atoms with van der Waals surface area (Å²) in [5, 5.41) is 0. The Bertz CT molecular complexity index is 1050. The van der Waals surface area contributed by atoms with Crippen molar-refractivity contribution in [3.05, 3.63) is 82.6 Å². The summed E-state index contributed by atoms with van der Waals surface area (Å²) < 4.78 is 25.2. The highest BCUT2D eigenvalue weighted by atomic mass is 19.1. The molecule has 0 saturated heterocycles. The second-order valence-electron chi connectivity index (χ2n) is 6.89. The number of carbonyl (C=O) groups is 2. The second kappa shape index (κ2) is 8.86. The molecule has 0 aliphatic carbocycles. The van der Waals surface area contributed by atoms with E-state index in [1.165, 1.54) is 20.1 Å². The van der Waals surface area contributed by atoms with Crippen LogP contribution in [0.4, 0.5) is 4.39 Å². The summed E-state index contributed by atoms with van der Waals surface area (Å²) in [5.74, 6) is -0.200. The summed E-state index contributed by atoms with van der Waals surface area (Å²) in [6, 6.07) is 13.7. The summed E-state index contributed by atoms with van der Waals surface area (Å²) >= 11 is 0. The third-order valence-electron chi connectivity index (χ3n) is 4.81. The Kier molecular flexibility index (Phi) is 6.27.